The van der Waals surface area contributed by atoms with Crippen LogP contribution in [-0.4, -0.2) is 39.7 Å². The third-order valence-corrected chi connectivity index (χ3v) is 5.30. The molecule has 2 aromatic carbocycles. The first kappa shape index (κ1) is 13.2. The van der Waals surface area contributed by atoms with Crippen LogP contribution in [0.1, 0.15) is 5.82 Å². The molecule has 4 aromatic rings. The Morgan fingerprint density at radius 2 is 1.71 bits per heavy atom. The van der Waals surface area contributed by atoms with E-state index in [4.69, 9.17) is 0 Å². The predicted octanol–water partition coefficient (Wildman–Crippen LogP) is 3.01. The van der Waals surface area contributed by atoms with Gasteiger partial charge in [0.1, 0.15) is 0 Å². The molecule has 0 amide bonds. The van der Waals surface area contributed by atoms with Crippen molar-refractivity contribution in [1.82, 2.24) is 15.0 Å². The molecule has 0 saturated heterocycles. The number of fused-ring (bicyclic) bond motifs is 3. The van der Waals surface area contributed by atoms with E-state index in [-0.39, 0.29) is 0 Å². The van der Waals surface area contributed by atoms with E-state index in [0.717, 1.165) is 45.5 Å². The molecule has 0 atom stereocenters. The normalized spacial score (nSPS) is 11.3. The minimum atomic E-state index is 0.775. The second-order valence-corrected chi connectivity index (χ2v) is 7.45. The van der Waals surface area contributed by atoms with Crippen LogP contribution < -0.4 is 3.53 Å². The first-order valence-electron chi connectivity index (χ1n) is 6.54. The summed E-state index contributed by atoms with van der Waals surface area (Å²) in [6.45, 7) is 1.92. The molecular formula is C16H10BiN3S. The summed E-state index contributed by atoms with van der Waals surface area (Å²) >= 11 is 2.87. The van der Waals surface area contributed by atoms with Crippen molar-refractivity contribution in [2.45, 2.75) is 6.92 Å². The molecular weight excluding hydrogens is 475 g/mol. The van der Waals surface area contributed by atoms with Gasteiger partial charge in [-0.25, -0.2) is 0 Å². The van der Waals surface area contributed by atoms with Crippen LogP contribution in [0.25, 0.3) is 31.6 Å². The van der Waals surface area contributed by atoms with Gasteiger partial charge in [0.05, 0.1) is 0 Å². The molecule has 2 aromatic heterocycles. The van der Waals surface area contributed by atoms with E-state index in [9.17, 15) is 0 Å². The van der Waals surface area contributed by atoms with Crippen LogP contribution in [0, 0.1) is 6.92 Å². The average molecular weight is 485 g/mol. The number of aryl methyl sites for hydroxylation is 1. The quantitative estimate of drug-likeness (QED) is 0.390. The molecule has 4 rings (SSSR count). The van der Waals surface area contributed by atoms with Gasteiger partial charge in [0, 0.05) is 0 Å². The predicted molar refractivity (Wildman–Crippen MR) is 88.3 cm³/mol. The average Bonchev–Trinajstić information content (AvgIpc) is 2.84. The third kappa shape index (κ3) is 2.35. The molecule has 0 N–H and O–H groups in total. The monoisotopic (exact) mass is 485 g/mol. The first-order chi connectivity index (χ1) is 10.2. The van der Waals surface area contributed by atoms with Crippen molar-refractivity contribution >= 4 is 59.8 Å². The fraction of sp³-hybridized carbons (Fsp3) is 0.0625. The molecule has 100 valence electrons. The van der Waals surface area contributed by atoms with Gasteiger partial charge in [-0.15, -0.1) is 0 Å². The summed E-state index contributed by atoms with van der Waals surface area (Å²) in [6.07, 6.45) is 0. The first-order valence-corrected chi connectivity index (χ1v) is 9.09. The van der Waals surface area contributed by atoms with E-state index in [1.54, 1.807) is 0 Å². The van der Waals surface area contributed by atoms with Gasteiger partial charge in [0.25, 0.3) is 0 Å². The summed E-state index contributed by atoms with van der Waals surface area (Å²) in [5, 5.41) is 2.58. The number of nitrogens with zero attached hydrogens (tertiary/aromatic N) is 3. The molecule has 0 fully saturated rings. The molecule has 2 radical (unpaired) electrons. The second-order valence-electron chi connectivity index (χ2n) is 4.82. The molecule has 0 saturated carbocycles. The summed E-state index contributed by atoms with van der Waals surface area (Å²) < 4.78 is 3.49. The summed E-state index contributed by atoms with van der Waals surface area (Å²) in [4.78, 5) is 13.3. The molecule has 0 aliphatic carbocycles. The van der Waals surface area contributed by atoms with Gasteiger partial charge in [-0.2, -0.15) is 0 Å². The van der Waals surface area contributed by atoms with Gasteiger partial charge < -0.3 is 0 Å². The molecule has 0 bridgehead atoms. The van der Waals surface area contributed by atoms with Gasteiger partial charge in [-0.3, -0.25) is 0 Å². The fourth-order valence-corrected chi connectivity index (χ4v) is 4.48. The number of hydrogen-bond donors (Lipinski definition) is 0. The molecule has 0 aliphatic heterocycles. The Hall–Kier alpha value is -1.45. The Morgan fingerprint density at radius 3 is 2.57 bits per heavy atom. The molecule has 3 nitrogen and oxygen atoms in total. The zero-order valence-electron chi connectivity index (χ0n) is 11.2. The molecule has 0 spiro atoms. The molecule has 5 heteroatoms. The summed E-state index contributed by atoms with van der Waals surface area (Å²) in [6, 6.07) is 15.0. The number of aromatic nitrogens is 3. The molecule has 0 aliphatic rings. The minimum absolute atomic E-state index is 0.775. The van der Waals surface area contributed by atoms with Crippen LogP contribution in [0.15, 0.2) is 42.5 Å². The number of rotatable bonds is 1. The molecule has 21 heavy (non-hydrogen) atoms. The number of thiophene rings is 1. The van der Waals surface area contributed by atoms with E-state index in [1.807, 2.05) is 18.3 Å². The fourth-order valence-electron chi connectivity index (χ4n) is 2.46. The zero-order chi connectivity index (χ0) is 14.4. The standard InChI is InChI=1S/C16H10N3S.Bi/c1-10-17-9-18-16(19-10)11-6-7-15-13(8-11)12-4-2-3-5-14(12)20-15;/h2-8H,1H3;. The van der Waals surface area contributed by atoms with E-state index in [1.165, 1.54) is 20.2 Å². The third-order valence-electron chi connectivity index (χ3n) is 3.37. The topological polar surface area (TPSA) is 38.7 Å². The van der Waals surface area contributed by atoms with Crippen molar-refractivity contribution in [2.75, 3.05) is 0 Å². The number of hydrogen-bond acceptors (Lipinski definition) is 4. The van der Waals surface area contributed by atoms with Crippen molar-refractivity contribution < 1.29 is 0 Å². The Morgan fingerprint density at radius 1 is 0.905 bits per heavy atom. The van der Waals surface area contributed by atoms with Crippen LogP contribution in [0.2, 0.25) is 0 Å². The van der Waals surface area contributed by atoms with Crippen molar-refractivity contribution in [3.05, 3.63) is 48.3 Å². The van der Waals surface area contributed by atoms with Gasteiger partial charge in [0.15, 0.2) is 0 Å². The van der Waals surface area contributed by atoms with Gasteiger partial charge in [-0.1, -0.05) is 0 Å². The summed E-state index contributed by atoms with van der Waals surface area (Å²) in [5.41, 5.74) is 1.06. The van der Waals surface area contributed by atoms with Crippen molar-refractivity contribution in [3.63, 3.8) is 0 Å². The second kappa shape index (κ2) is 5.08. The maximum absolute atomic E-state index is 4.51. The number of benzene rings is 2. The molecule has 2 heterocycles. The van der Waals surface area contributed by atoms with Crippen LogP contribution in [0.5, 0.6) is 0 Å². The zero-order valence-corrected chi connectivity index (χ0v) is 15.5. The van der Waals surface area contributed by atoms with Gasteiger partial charge in [-0.05, 0) is 0 Å². The Kier molecular flexibility index (Phi) is 3.20. The SMILES string of the molecule is Cc1n[c]([Bi])nc(-c2ccc3sc4ccccc4c3c2)n1. The van der Waals surface area contributed by atoms with Crippen molar-refractivity contribution in [3.8, 4) is 11.4 Å². The summed E-state index contributed by atoms with van der Waals surface area (Å²) in [5.74, 6) is 1.56. The van der Waals surface area contributed by atoms with E-state index in [2.05, 4.69) is 57.4 Å². The van der Waals surface area contributed by atoms with Crippen molar-refractivity contribution in [2.24, 2.45) is 0 Å². The van der Waals surface area contributed by atoms with Crippen LogP contribution in [0.4, 0.5) is 0 Å². The van der Waals surface area contributed by atoms with E-state index >= 15 is 0 Å². The molecule has 0 unspecified atom stereocenters. The van der Waals surface area contributed by atoms with Gasteiger partial charge in [0.2, 0.25) is 0 Å². The summed E-state index contributed by atoms with van der Waals surface area (Å²) in [7, 11) is 0. The Balaban J connectivity index is 1.99. The van der Waals surface area contributed by atoms with Gasteiger partial charge >= 0.3 is 141 Å². The maximum atomic E-state index is 4.51. The van der Waals surface area contributed by atoms with Crippen LogP contribution in [-0.2, 0) is 0 Å². The Bertz CT molecular complexity index is 958. The van der Waals surface area contributed by atoms with E-state index < -0.39 is 0 Å². The van der Waals surface area contributed by atoms with Crippen LogP contribution >= 0.6 is 11.3 Å². The van der Waals surface area contributed by atoms with E-state index in [0.29, 0.717) is 0 Å². The Labute approximate surface area is 140 Å². The van der Waals surface area contributed by atoms with Crippen molar-refractivity contribution in [1.29, 1.82) is 0 Å². The van der Waals surface area contributed by atoms with Crippen LogP contribution in [0.3, 0.4) is 0 Å².